The van der Waals surface area contributed by atoms with E-state index < -0.39 is 38.1 Å². The molecule has 0 saturated carbocycles. The lowest BCUT2D eigenvalue weighted by molar-refractivity contribution is -0.388. The zero-order valence-corrected chi connectivity index (χ0v) is 17.0. The number of nitrogens with zero attached hydrogens (tertiary/aromatic N) is 2. The Balaban J connectivity index is 2.08. The number of phenolic OH excluding ortho intramolecular Hbond substituents is 2. The van der Waals surface area contributed by atoms with Crippen molar-refractivity contribution in [2.24, 2.45) is 0 Å². The van der Waals surface area contributed by atoms with Gasteiger partial charge < -0.3 is 10.2 Å². The quantitative estimate of drug-likeness (QED) is 0.289. The average Bonchev–Trinajstić information content (AvgIpc) is 3.09. The lowest BCUT2D eigenvalue weighted by Crippen LogP contribution is -2.30. The third-order valence-corrected chi connectivity index (χ3v) is 6.15. The molecule has 1 aliphatic rings. The van der Waals surface area contributed by atoms with E-state index in [1.807, 2.05) is 24.3 Å². The van der Waals surface area contributed by atoms with Gasteiger partial charge in [0.1, 0.15) is 0 Å². The maximum atomic E-state index is 12.1. The molecule has 1 aliphatic carbocycles. The summed E-state index contributed by atoms with van der Waals surface area (Å²) >= 11 is 0. The SMILES string of the molecule is O=[N+]([O-])c1c(O)cccc1C1(c2cccc(O)c2[N+](=O)[O-])c2ccccc2-c2ccccc21. The Labute approximate surface area is 187 Å². The molecule has 5 rings (SSSR count). The number of benzene rings is 4. The number of nitro groups is 2. The molecule has 4 aromatic carbocycles. The highest BCUT2D eigenvalue weighted by atomic mass is 16.6. The fourth-order valence-corrected chi connectivity index (χ4v) is 5.01. The number of para-hydroxylation sites is 2. The molecule has 0 aliphatic heterocycles. The summed E-state index contributed by atoms with van der Waals surface area (Å²) in [5.74, 6) is -1.11. The summed E-state index contributed by atoms with van der Waals surface area (Å²) < 4.78 is 0. The van der Waals surface area contributed by atoms with Crippen LogP contribution in [0.25, 0.3) is 11.1 Å². The van der Waals surface area contributed by atoms with Crippen LogP contribution < -0.4 is 0 Å². The van der Waals surface area contributed by atoms with Gasteiger partial charge in [-0.25, -0.2) is 0 Å². The summed E-state index contributed by atoms with van der Waals surface area (Å²) in [5.41, 5.74) is 0.157. The topological polar surface area (TPSA) is 127 Å². The Morgan fingerprint density at radius 3 is 1.30 bits per heavy atom. The van der Waals surface area contributed by atoms with Crippen molar-refractivity contribution < 1.29 is 20.1 Å². The minimum atomic E-state index is -1.53. The van der Waals surface area contributed by atoms with Gasteiger partial charge in [-0.1, -0.05) is 72.8 Å². The van der Waals surface area contributed by atoms with Crippen molar-refractivity contribution in [3.8, 4) is 22.6 Å². The molecule has 0 heterocycles. The fourth-order valence-electron chi connectivity index (χ4n) is 5.01. The molecule has 0 fully saturated rings. The second kappa shape index (κ2) is 7.16. The standard InChI is InChI=1S/C25H16N2O6/c28-21-13-5-11-19(23(21)26(30)31)25(20-12-6-14-22(29)24(20)27(32)33)17-9-3-1-7-15(17)16-8-2-4-10-18(16)25/h1-14,28-29H. The Hall–Kier alpha value is -4.72. The predicted molar refractivity (Wildman–Crippen MR) is 120 cm³/mol. The van der Waals surface area contributed by atoms with Gasteiger partial charge in [0, 0.05) is 0 Å². The van der Waals surface area contributed by atoms with E-state index in [0.29, 0.717) is 11.1 Å². The molecule has 4 aromatic rings. The van der Waals surface area contributed by atoms with E-state index in [-0.39, 0.29) is 11.1 Å². The monoisotopic (exact) mass is 440 g/mol. The van der Waals surface area contributed by atoms with Crippen LogP contribution in [-0.4, -0.2) is 20.1 Å². The zero-order valence-electron chi connectivity index (χ0n) is 17.0. The summed E-state index contributed by atoms with van der Waals surface area (Å²) in [5, 5.41) is 45.3. The molecule has 0 bridgehead atoms. The number of nitro benzene ring substituents is 2. The normalized spacial score (nSPS) is 13.2. The van der Waals surface area contributed by atoms with Crippen molar-refractivity contribution in [1.29, 1.82) is 0 Å². The van der Waals surface area contributed by atoms with Crippen LogP contribution in [0.5, 0.6) is 11.5 Å². The van der Waals surface area contributed by atoms with Gasteiger partial charge in [-0.05, 0) is 34.4 Å². The zero-order chi connectivity index (χ0) is 23.3. The second-order valence-corrected chi connectivity index (χ2v) is 7.70. The molecule has 0 aromatic heterocycles. The van der Waals surface area contributed by atoms with Crippen LogP contribution in [0.3, 0.4) is 0 Å². The largest absolute Gasteiger partial charge is 0.502 e. The maximum Gasteiger partial charge on any atom is 0.315 e. The second-order valence-electron chi connectivity index (χ2n) is 7.70. The van der Waals surface area contributed by atoms with Crippen molar-refractivity contribution in [2.75, 3.05) is 0 Å². The number of fused-ring (bicyclic) bond motifs is 3. The summed E-state index contributed by atoms with van der Waals surface area (Å²) in [6.07, 6.45) is 0. The van der Waals surface area contributed by atoms with E-state index in [9.17, 15) is 30.4 Å². The van der Waals surface area contributed by atoms with Crippen molar-refractivity contribution in [3.05, 3.63) is 127 Å². The molecule has 0 atom stereocenters. The van der Waals surface area contributed by atoms with Gasteiger partial charge in [-0.15, -0.1) is 0 Å². The maximum absolute atomic E-state index is 12.1. The van der Waals surface area contributed by atoms with Gasteiger partial charge in [-0.3, -0.25) is 20.2 Å². The van der Waals surface area contributed by atoms with Gasteiger partial charge in [0.15, 0.2) is 11.5 Å². The van der Waals surface area contributed by atoms with E-state index in [2.05, 4.69) is 0 Å². The minimum absolute atomic E-state index is 0.0681. The molecule has 2 N–H and O–H groups in total. The summed E-state index contributed by atoms with van der Waals surface area (Å²) in [6.45, 7) is 0. The molecule has 162 valence electrons. The van der Waals surface area contributed by atoms with Crippen LogP contribution in [0.1, 0.15) is 22.3 Å². The first-order chi connectivity index (χ1) is 15.9. The first kappa shape index (κ1) is 20.2. The summed E-state index contributed by atoms with van der Waals surface area (Å²) in [6, 6.07) is 22.7. The number of rotatable bonds is 4. The molecular formula is C25H16N2O6. The molecule has 8 nitrogen and oxygen atoms in total. The predicted octanol–water partition coefficient (Wildman–Crippen LogP) is 5.28. The highest BCUT2D eigenvalue weighted by molar-refractivity contribution is 5.89. The molecule has 0 radical (unpaired) electrons. The van der Waals surface area contributed by atoms with Crippen LogP contribution in [0.4, 0.5) is 11.4 Å². The molecular weight excluding hydrogens is 424 g/mol. The lowest BCUT2D eigenvalue weighted by atomic mass is 9.66. The molecule has 0 saturated heterocycles. The summed E-state index contributed by atoms with van der Waals surface area (Å²) in [7, 11) is 0. The third-order valence-electron chi connectivity index (χ3n) is 6.15. The van der Waals surface area contributed by atoms with Crippen LogP contribution in [-0.2, 0) is 5.41 Å². The third kappa shape index (κ3) is 2.64. The smallest absolute Gasteiger partial charge is 0.315 e. The van der Waals surface area contributed by atoms with Crippen LogP contribution in [0.2, 0.25) is 0 Å². The van der Waals surface area contributed by atoms with Crippen LogP contribution in [0, 0.1) is 20.2 Å². The highest BCUT2D eigenvalue weighted by Crippen LogP contribution is 2.60. The van der Waals surface area contributed by atoms with Crippen LogP contribution >= 0.6 is 0 Å². The first-order valence-electron chi connectivity index (χ1n) is 10.0. The average molecular weight is 440 g/mol. The van der Waals surface area contributed by atoms with Gasteiger partial charge in [0.05, 0.1) is 26.4 Å². The van der Waals surface area contributed by atoms with Crippen molar-refractivity contribution >= 4 is 11.4 Å². The number of hydrogen-bond donors (Lipinski definition) is 2. The summed E-state index contributed by atoms with van der Waals surface area (Å²) in [4.78, 5) is 22.9. The van der Waals surface area contributed by atoms with E-state index in [4.69, 9.17) is 0 Å². The fraction of sp³-hybridized carbons (Fsp3) is 0.0400. The van der Waals surface area contributed by atoms with Gasteiger partial charge in [0.2, 0.25) is 0 Å². The van der Waals surface area contributed by atoms with E-state index >= 15 is 0 Å². The molecule has 0 amide bonds. The Morgan fingerprint density at radius 1 is 0.545 bits per heavy atom. The number of aromatic hydroxyl groups is 2. The van der Waals surface area contributed by atoms with Gasteiger partial charge in [0.25, 0.3) is 0 Å². The van der Waals surface area contributed by atoms with Crippen molar-refractivity contribution in [1.82, 2.24) is 0 Å². The first-order valence-corrected chi connectivity index (χ1v) is 10.0. The Morgan fingerprint density at radius 2 is 0.909 bits per heavy atom. The minimum Gasteiger partial charge on any atom is -0.502 e. The number of phenols is 2. The molecule has 8 heteroatoms. The molecule has 0 unspecified atom stereocenters. The Bertz CT molecular complexity index is 1350. The van der Waals surface area contributed by atoms with Crippen molar-refractivity contribution in [2.45, 2.75) is 5.41 Å². The Kier molecular flexibility index (Phi) is 4.39. The molecule has 0 spiro atoms. The van der Waals surface area contributed by atoms with E-state index in [1.54, 1.807) is 24.3 Å². The highest BCUT2D eigenvalue weighted by Gasteiger charge is 2.53. The van der Waals surface area contributed by atoms with E-state index in [0.717, 1.165) is 11.1 Å². The van der Waals surface area contributed by atoms with Crippen molar-refractivity contribution in [3.63, 3.8) is 0 Å². The van der Waals surface area contributed by atoms with Gasteiger partial charge in [-0.2, -0.15) is 0 Å². The van der Waals surface area contributed by atoms with Crippen LogP contribution in [0.15, 0.2) is 84.9 Å². The lowest BCUT2D eigenvalue weighted by Gasteiger charge is -2.32. The van der Waals surface area contributed by atoms with E-state index in [1.165, 1.54) is 36.4 Å². The molecule has 33 heavy (non-hydrogen) atoms. The van der Waals surface area contributed by atoms with Gasteiger partial charge >= 0.3 is 11.4 Å². The number of hydrogen-bond acceptors (Lipinski definition) is 6.